The van der Waals surface area contributed by atoms with Gasteiger partial charge in [-0.1, -0.05) is 26.7 Å². The summed E-state index contributed by atoms with van der Waals surface area (Å²) in [6.45, 7) is 4.40. The summed E-state index contributed by atoms with van der Waals surface area (Å²) in [6.07, 6.45) is 3.39. The smallest absolute Gasteiger partial charge is 0.271 e. The molecule has 0 bridgehead atoms. The molecule has 1 amide bonds. The Labute approximate surface area is 106 Å². The van der Waals surface area contributed by atoms with Gasteiger partial charge in [-0.05, 0) is 24.3 Å². The first-order valence-corrected chi connectivity index (χ1v) is 6.44. The second-order valence-electron chi connectivity index (χ2n) is 5.15. The van der Waals surface area contributed by atoms with Crippen molar-refractivity contribution in [2.75, 3.05) is 0 Å². The predicted molar refractivity (Wildman–Crippen MR) is 68.3 cm³/mol. The summed E-state index contributed by atoms with van der Waals surface area (Å²) in [6, 6.07) is 2.97. The lowest BCUT2D eigenvalue weighted by molar-refractivity contribution is 0.0885. The van der Waals surface area contributed by atoms with E-state index >= 15 is 0 Å². The summed E-state index contributed by atoms with van der Waals surface area (Å²) in [5.41, 5.74) is -0.0359. The zero-order valence-corrected chi connectivity index (χ0v) is 10.8. The number of aromatic amines is 1. The quantitative estimate of drug-likeness (QED) is 0.830. The average Bonchev–Trinajstić information content (AvgIpc) is 2.36. The van der Waals surface area contributed by atoms with Gasteiger partial charge in [-0.2, -0.15) is 5.10 Å². The molecule has 1 aromatic rings. The normalized spacial score (nSPS) is 27.8. The largest absolute Gasteiger partial charge is 0.348 e. The van der Waals surface area contributed by atoms with Crippen molar-refractivity contribution in [1.82, 2.24) is 15.5 Å². The second-order valence-corrected chi connectivity index (χ2v) is 5.15. The maximum Gasteiger partial charge on any atom is 0.271 e. The van der Waals surface area contributed by atoms with E-state index in [1.807, 2.05) is 0 Å². The molecule has 1 fully saturated rings. The molecule has 18 heavy (non-hydrogen) atoms. The average molecular weight is 249 g/mol. The van der Waals surface area contributed by atoms with Crippen molar-refractivity contribution in [2.45, 2.75) is 39.2 Å². The summed E-state index contributed by atoms with van der Waals surface area (Å²) in [5, 5.41) is 9.02. The zero-order valence-electron chi connectivity index (χ0n) is 10.8. The highest BCUT2D eigenvalue weighted by atomic mass is 16.2. The van der Waals surface area contributed by atoms with Crippen LogP contribution in [0, 0.1) is 11.8 Å². The van der Waals surface area contributed by atoms with Crippen LogP contribution in [0.4, 0.5) is 0 Å². The van der Waals surface area contributed by atoms with Crippen molar-refractivity contribution in [1.29, 1.82) is 0 Å². The van der Waals surface area contributed by atoms with E-state index in [-0.39, 0.29) is 23.2 Å². The van der Waals surface area contributed by atoms with Crippen LogP contribution < -0.4 is 10.9 Å². The van der Waals surface area contributed by atoms with E-state index in [1.54, 1.807) is 0 Å². The molecule has 0 saturated heterocycles. The van der Waals surface area contributed by atoms with Gasteiger partial charge in [0.1, 0.15) is 5.69 Å². The molecule has 1 aromatic heterocycles. The van der Waals surface area contributed by atoms with E-state index in [0.29, 0.717) is 11.8 Å². The van der Waals surface area contributed by atoms with Gasteiger partial charge in [0.05, 0.1) is 0 Å². The van der Waals surface area contributed by atoms with Crippen LogP contribution in [-0.2, 0) is 0 Å². The molecule has 1 aliphatic rings. The van der Waals surface area contributed by atoms with Crippen LogP contribution in [0.5, 0.6) is 0 Å². The molecule has 0 radical (unpaired) electrons. The van der Waals surface area contributed by atoms with Gasteiger partial charge in [-0.25, -0.2) is 5.10 Å². The van der Waals surface area contributed by atoms with Crippen LogP contribution in [-0.4, -0.2) is 22.1 Å². The topological polar surface area (TPSA) is 74.8 Å². The molecule has 0 aromatic carbocycles. The zero-order chi connectivity index (χ0) is 13.1. The molecule has 0 spiro atoms. The third-order valence-corrected chi connectivity index (χ3v) is 3.94. The number of aromatic nitrogens is 2. The predicted octanol–water partition coefficient (Wildman–Crippen LogP) is 1.32. The number of hydrogen-bond donors (Lipinski definition) is 2. The molecule has 5 nitrogen and oxygen atoms in total. The molecular formula is C13H19N3O2. The molecule has 2 rings (SSSR count). The van der Waals surface area contributed by atoms with Gasteiger partial charge in [0.25, 0.3) is 11.5 Å². The number of nitrogens with zero attached hydrogens (tertiary/aromatic N) is 1. The van der Waals surface area contributed by atoms with Crippen LogP contribution in [0.15, 0.2) is 16.9 Å². The van der Waals surface area contributed by atoms with E-state index < -0.39 is 0 Å². The number of nitrogens with one attached hydrogen (secondary N) is 2. The van der Waals surface area contributed by atoms with Crippen molar-refractivity contribution < 1.29 is 4.79 Å². The maximum absolute atomic E-state index is 12.0. The second kappa shape index (κ2) is 5.33. The van der Waals surface area contributed by atoms with Gasteiger partial charge < -0.3 is 5.32 Å². The van der Waals surface area contributed by atoms with Gasteiger partial charge in [-0.15, -0.1) is 0 Å². The Morgan fingerprint density at radius 1 is 1.39 bits per heavy atom. The number of carbonyl (C=O) groups is 1. The Bertz CT molecular complexity index is 463. The third kappa shape index (κ3) is 2.78. The molecule has 0 aliphatic heterocycles. The van der Waals surface area contributed by atoms with Gasteiger partial charge in [0.15, 0.2) is 0 Å². The third-order valence-electron chi connectivity index (χ3n) is 3.94. The number of amides is 1. The molecule has 1 heterocycles. The summed E-state index contributed by atoms with van der Waals surface area (Å²) in [4.78, 5) is 22.9. The monoisotopic (exact) mass is 249 g/mol. The van der Waals surface area contributed by atoms with Crippen molar-refractivity contribution in [2.24, 2.45) is 11.8 Å². The lowest BCUT2D eigenvalue weighted by Gasteiger charge is -2.34. The summed E-state index contributed by atoms with van der Waals surface area (Å²) < 4.78 is 0. The van der Waals surface area contributed by atoms with Crippen LogP contribution in [0.2, 0.25) is 0 Å². The van der Waals surface area contributed by atoms with E-state index in [1.165, 1.54) is 18.6 Å². The maximum atomic E-state index is 12.0. The molecule has 3 unspecified atom stereocenters. The van der Waals surface area contributed by atoms with Gasteiger partial charge in [0.2, 0.25) is 0 Å². The standard InChI is InChI=1S/C13H19N3O2/c1-8-4-3-5-10(9(8)2)14-13(18)11-6-7-12(17)16-15-11/h6-10H,3-5H2,1-2H3,(H,14,18)(H,16,17). The number of hydrogen-bond acceptors (Lipinski definition) is 3. The minimum absolute atomic E-state index is 0.204. The molecule has 1 saturated carbocycles. The van der Waals surface area contributed by atoms with Crippen molar-refractivity contribution in [3.8, 4) is 0 Å². The molecule has 5 heteroatoms. The van der Waals surface area contributed by atoms with Crippen LogP contribution in [0.3, 0.4) is 0 Å². The Morgan fingerprint density at radius 2 is 2.17 bits per heavy atom. The first-order chi connectivity index (χ1) is 8.58. The Balaban J connectivity index is 2.02. The fourth-order valence-electron chi connectivity index (χ4n) is 2.50. The van der Waals surface area contributed by atoms with Gasteiger partial charge >= 0.3 is 0 Å². The van der Waals surface area contributed by atoms with Crippen molar-refractivity contribution in [3.05, 3.63) is 28.2 Å². The molecule has 3 atom stereocenters. The lowest BCUT2D eigenvalue weighted by Crippen LogP contribution is -2.44. The van der Waals surface area contributed by atoms with Crippen LogP contribution in [0.1, 0.15) is 43.6 Å². The highest BCUT2D eigenvalue weighted by molar-refractivity contribution is 5.92. The van der Waals surface area contributed by atoms with Gasteiger partial charge in [0, 0.05) is 12.1 Å². The van der Waals surface area contributed by atoms with Crippen LogP contribution in [0.25, 0.3) is 0 Å². The van der Waals surface area contributed by atoms with Crippen molar-refractivity contribution >= 4 is 5.91 Å². The fraction of sp³-hybridized carbons (Fsp3) is 0.615. The summed E-state index contributed by atoms with van der Waals surface area (Å²) in [5.74, 6) is 0.898. The molecule has 1 aliphatic carbocycles. The van der Waals surface area contributed by atoms with E-state index in [2.05, 4.69) is 29.4 Å². The van der Waals surface area contributed by atoms with Crippen molar-refractivity contribution in [3.63, 3.8) is 0 Å². The highest BCUT2D eigenvalue weighted by Gasteiger charge is 2.28. The molecular weight excluding hydrogens is 230 g/mol. The SMILES string of the molecule is CC1CCCC(NC(=O)c2ccc(=O)[nH]n2)C1C. The minimum atomic E-state index is -0.300. The Morgan fingerprint density at radius 3 is 2.83 bits per heavy atom. The van der Waals surface area contributed by atoms with E-state index in [0.717, 1.165) is 12.8 Å². The Kier molecular flexibility index (Phi) is 3.79. The number of carbonyl (C=O) groups excluding carboxylic acids is 1. The van der Waals surface area contributed by atoms with E-state index in [4.69, 9.17) is 0 Å². The highest BCUT2D eigenvalue weighted by Crippen LogP contribution is 2.29. The Hall–Kier alpha value is -1.65. The number of rotatable bonds is 2. The van der Waals surface area contributed by atoms with E-state index in [9.17, 15) is 9.59 Å². The first-order valence-electron chi connectivity index (χ1n) is 6.44. The minimum Gasteiger partial charge on any atom is -0.348 e. The lowest BCUT2D eigenvalue weighted by atomic mass is 9.78. The number of H-pyrrole nitrogens is 1. The molecule has 98 valence electrons. The first kappa shape index (κ1) is 12.8. The molecule has 2 N–H and O–H groups in total. The van der Waals surface area contributed by atoms with Gasteiger partial charge in [-0.3, -0.25) is 9.59 Å². The fourth-order valence-corrected chi connectivity index (χ4v) is 2.50. The van der Waals surface area contributed by atoms with Crippen LogP contribution >= 0.6 is 0 Å². The summed E-state index contributed by atoms with van der Waals surface area (Å²) in [7, 11) is 0. The summed E-state index contributed by atoms with van der Waals surface area (Å²) >= 11 is 0.